The molecule has 4 nitrogen and oxygen atoms in total. The van der Waals surface area contributed by atoms with Gasteiger partial charge in [0.2, 0.25) is 11.8 Å². The molecule has 0 bridgehead atoms. The maximum atomic E-state index is 12.9. The fourth-order valence-electron chi connectivity index (χ4n) is 3.55. The SMILES string of the molecule is Cc1ccc(N2CC(C(=O)Nc3ccccc3-c3ccccc3)CC2=O)cc1. The highest BCUT2D eigenvalue weighted by atomic mass is 16.2. The van der Waals surface area contributed by atoms with Gasteiger partial charge in [-0.25, -0.2) is 0 Å². The number of nitrogens with zero attached hydrogens (tertiary/aromatic N) is 1. The Balaban J connectivity index is 1.51. The molecule has 140 valence electrons. The highest BCUT2D eigenvalue weighted by molar-refractivity contribution is 6.04. The highest BCUT2D eigenvalue weighted by Crippen LogP contribution is 2.30. The molecule has 3 aromatic rings. The van der Waals surface area contributed by atoms with Crippen LogP contribution in [-0.2, 0) is 9.59 Å². The molecule has 0 radical (unpaired) electrons. The minimum absolute atomic E-state index is 0.0136. The van der Waals surface area contributed by atoms with E-state index in [0.717, 1.165) is 28.1 Å². The fraction of sp³-hybridized carbons (Fsp3) is 0.167. The molecular formula is C24H22N2O2. The zero-order chi connectivity index (χ0) is 19.5. The maximum absolute atomic E-state index is 12.9. The van der Waals surface area contributed by atoms with Gasteiger partial charge in [-0.15, -0.1) is 0 Å². The summed E-state index contributed by atoms with van der Waals surface area (Å²) >= 11 is 0. The van der Waals surface area contributed by atoms with Crippen LogP contribution in [0.5, 0.6) is 0 Å². The molecule has 0 aromatic heterocycles. The molecule has 1 atom stereocenters. The summed E-state index contributed by atoms with van der Waals surface area (Å²) in [7, 11) is 0. The molecule has 1 aliphatic heterocycles. The van der Waals surface area contributed by atoms with E-state index >= 15 is 0 Å². The molecule has 1 unspecified atom stereocenters. The van der Waals surface area contributed by atoms with Crippen LogP contribution >= 0.6 is 0 Å². The van der Waals surface area contributed by atoms with Gasteiger partial charge in [0.05, 0.1) is 5.92 Å². The number of anilines is 2. The van der Waals surface area contributed by atoms with Crippen molar-refractivity contribution in [3.05, 3.63) is 84.4 Å². The van der Waals surface area contributed by atoms with E-state index in [4.69, 9.17) is 0 Å². The van der Waals surface area contributed by atoms with E-state index in [9.17, 15) is 9.59 Å². The predicted octanol–water partition coefficient (Wildman–Crippen LogP) is 4.65. The van der Waals surface area contributed by atoms with Crippen molar-refractivity contribution in [1.29, 1.82) is 0 Å². The van der Waals surface area contributed by atoms with Crippen LogP contribution in [0.3, 0.4) is 0 Å². The van der Waals surface area contributed by atoms with E-state index in [2.05, 4.69) is 5.32 Å². The van der Waals surface area contributed by atoms with Crippen LogP contribution < -0.4 is 10.2 Å². The first kappa shape index (κ1) is 18.0. The van der Waals surface area contributed by atoms with Crippen LogP contribution in [0.2, 0.25) is 0 Å². The molecular weight excluding hydrogens is 348 g/mol. The van der Waals surface area contributed by atoms with Gasteiger partial charge in [0.1, 0.15) is 0 Å². The van der Waals surface area contributed by atoms with Crippen molar-refractivity contribution in [2.75, 3.05) is 16.8 Å². The minimum atomic E-state index is -0.363. The average Bonchev–Trinajstić information content (AvgIpc) is 3.11. The molecule has 1 aliphatic rings. The molecule has 28 heavy (non-hydrogen) atoms. The number of para-hydroxylation sites is 1. The number of nitrogens with one attached hydrogen (secondary N) is 1. The molecule has 3 aromatic carbocycles. The van der Waals surface area contributed by atoms with Gasteiger partial charge in [-0.2, -0.15) is 0 Å². The van der Waals surface area contributed by atoms with E-state index in [-0.39, 0.29) is 24.2 Å². The molecule has 1 heterocycles. The van der Waals surface area contributed by atoms with Gasteiger partial charge < -0.3 is 10.2 Å². The summed E-state index contributed by atoms with van der Waals surface area (Å²) < 4.78 is 0. The highest BCUT2D eigenvalue weighted by Gasteiger charge is 2.35. The Hall–Kier alpha value is -3.40. The first-order chi connectivity index (χ1) is 13.6. The summed E-state index contributed by atoms with van der Waals surface area (Å²) in [6.07, 6.45) is 0.229. The van der Waals surface area contributed by atoms with Crippen LogP contribution in [0.25, 0.3) is 11.1 Å². The normalized spacial score (nSPS) is 16.2. The second-order valence-electron chi connectivity index (χ2n) is 7.14. The fourth-order valence-corrected chi connectivity index (χ4v) is 3.55. The van der Waals surface area contributed by atoms with Crippen molar-refractivity contribution in [2.45, 2.75) is 13.3 Å². The molecule has 2 amide bonds. The van der Waals surface area contributed by atoms with Crippen LogP contribution in [0.15, 0.2) is 78.9 Å². The smallest absolute Gasteiger partial charge is 0.229 e. The molecule has 1 N–H and O–H groups in total. The number of benzene rings is 3. The number of carbonyl (C=O) groups is 2. The summed E-state index contributed by atoms with van der Waals surface area (Å²) in [5.41, 5.74) is 4.76. The molecule has 0 aliphatic carbocycles. The maximum Gasteiger partial charge on any atom is 0.229 e. The summed E-state index contributed by atoms with van der Waals surface area (Å²) in [6.45, 7) is 2.41. The second kappa shape index (κ2) is 7.69. The summed E-state index contributed by atoms with van der Waals surface area (Å²) in [5.74, 6) is -0.496. The molecule has 0 spiro atoms. The van der Waals surface area contributed by atoms with E-state index in [1.54, 1.807) is 4.90 Å². The van der Waals surface area contributed by atoms with E-state index in [0.29, 0.717) is 6.54 Å². The average molecular weight is 370 g/mol. The summed E-state index contributed by atoms with van der Waals surface area (Å²) in [5, 5.41) is 3.03. The van der Waals surface area contributed by atoms with Gasteiger partial charge >= 0.3 is 0 Å². The van der Waals surface area contributed by atoms with Crippen LogP contribution in [-0.4, -0.2) is 18.4 Å². The third kappa shape index (κ3) is 3.67. The minimum Gasteiger partial charge on any atom is -0.325 e. The van der Waals surface area contributed by atoms with Gasteiger partial charge in [-0.05, 0) is 30.7 Å². The zero-order valence-corrected chi connectivity index (χ0v) is 15.8. The molecule has 1 fully saturated rings. The Kier molecular flexibility index (Phi) is 4.94. The predicted molar refractivity (Wildman–Crippen MR) is 112 cm³/mol. The summed E-state index contributed by atoms with van der Waals surface area (Å²) in [6, 6.07) is 25.5. The first-order valence-corrected chi connectivity index (χ1v) is 9.44. The first-order valence-electron chi connectivity index (χ1n) is 9.44. The number of amides is 2. The van der Waals surface area contributed by atoms with Crippen molar-refractivity contribution >= 4 is 23.2 Å². The number of aryl methyl sites for hydroxylation is 1. The molecule has 4 rings (SSSR count). The molecule has 1 saturated heterocycles. The van der Waals surface area contributed by atoms with Crippen molar-refractivity contribution < 1.29 is 9.59 Å². The van der Waals surface area contributed by atoms with Crippen LogP contribution in [0.1, 0.15) is 12.0 Å². The van der Waals surface area contributed by atoms with Gasteiger partial charge in [0.25, 0.3) is 0 Å². The lowest BCUT2D eigenvalue weighted by atomic mass is 10.0. The number of hydrogen-bond acceptors (Lipinski definition) is 2. The van der Waals surface area contributed by atoms with Crippen molar-refractivity contribution in [1.82, 2.24) is 0 Å². The largest absolute Gasteiger partial charge is 0.325 e. The number of rotatable bonds is 4. The Labute approximate surface area is 164 Å². The third-order valence-electron chi connectivity index (χ3n) is 5.11. The van der Waals surface area contributed by atoms with E-state index < -0.39 is 0 Å². The molecule has 0 saturated carbocycles. The van der Waals surface area contributed by atoms with Gasteiger partial charge in [-0.3, -0.25) is 9.59 Å². The van der Waals surface area contributed by atoms with Crippen LogP contribution in [0.4, 0.5) is 11.4 Å². The lowest BCUT2D eigenvalue weighted by Gasteiger charge is -2.17. The Morgan fingerprint density at radius 2 is 1.61 bits per heavy atom. The monoisotopic (exact) mass is 370 g/mol. The zero-order valence-electron chi connectivity index (χ0n) is 15.8. The molecule has 4 heteroatoms. The van der Waals surface area contributed by atoms with Gasteiger partial charge in [-0.1, -0.05) is 66.2 Å². The van der Waals surface area contributed by atoms with E-state index in [1.165, 1.54) is 0 Å². The standard InChI is InChI=1S/C24H22N2O2/c1-17-11-13-20(14-12-17)26-16-19(15-23(26)27)24(28)25-22-10-6-5-9-21(22)18-7-3-2-4-8-18/h2-14,19H,15-16H2,1H3,(H,25,28). The van der Waals surface area contributed by atoms with Crippen LogP contribution in [0, 0.1) is 12.8 Å². The Morgan fingerprint density at radius 1 is 0.929 bits per heavy atom. The third-order valence-corrected chi connectivity index (χ3v) is 5.11. The second-order valence-corrected chi connectivity index (χ2v) is 7.14. The van der Waals surface area contributed by atoms with Crippen molar-refractivity contribution in [3.63, 3.8) is 0 Å². The van der Waals surface area contributed by atoms with Crippen molar-refractivity contribution in [2.24, 2.45) is 5.92 Å². The number of hydrogen-bond donors (Lipinski definition) is 1. The summed E-state index contributed by atoms with van der Waals surface area (Å²) in [4.78, 5) is 27.0. The van der Waals surface area contributed by atoms with Crippen molar-refractivity contribution in [3.8, 4) is 11.1 Å². The lowest BCUT2D eigenvalue weighted by Crippen LogP contribution is -2.28. The number of carbonyl (C=O) groups excluding carboxylic acids is 2. The lowest BCUT2D eigenvalue weighted by molar-refractivity contribution is -0.122. The quantitative estimate of drug-likeness (QED) is 0.726. The van der Waals surface area contributed by atoms with Gasteiger partial charge in [0.15, 0.2) is 0 Å². The topological polar surface area (TPSA) is 49.4 Å². The van der Waals surface area contributed by atoms with E-state index in [1.807, 2.05) is 85.8 Å². The van der Waals surface area contributed by atoms with Gasteiger partial charge in [0, 0.05) is 29.9 Å². The Bertz CT molecular complexity index is 997. The Morgan fingerprint density at radius 3 is 2.36 bits per heavy atom.